The van der Waals surface area contributed by atoms with Gasteiger partial charge in [-0.2, -0.15) is 0 Å². The first-order chi connectivity index (χ1) is 8.29. The van der Waals surface area contributed by atoms with Gasteiger partial charge in [-0.25, -0.2) is 4.98 Å². The van der Waals surface area contributed by atoms with E-state index >= 15 is 0 Å². The first-order valence-corrected chi connectivity index (χ1v) is 5.93. The van der Waals surface area contributed by atoms with Crippen LogP contribution < -0.4 is 4.74 Å². The van der Waals surface area contributed by atoms with Gasteiger partial charge in [-0.15, -0.1) is 0 Å². The summed E-state index contributed by atoms with van der Waals surface area (Å²) in [6.07, 6.45) is 1.78. The summed E-state index contributed by atoms with van der Waals surface area (Å²) in [6, 6.07) is 11.5. The van der Waals surface area contributed by atoms with Crippen LogP contribution in [-0.4, -0.2) is 12.1 Å². The SMILES string of the molecule is CC.COc1ccc(-c2ccc(Cl)cc2)cn1. The molecule has 0 amide bonds. The molecule has 2 rings (SSSR count). The summed E-state index contributed by atoms with van der Waals surface area (Å²) in [6.45, 7) is 4.00. The molecule has 17 heavy (non-hydrogen) atoms. The standard InChI is InChI=1S/C12H10ClNO.C2H6/c1-15-12-7-4-10(8-14-12)9-2-5-11(13)6-3-9;1-2/h2-8H,1H3;1-2H3. The average Bonchev–Trinajstić information content (AvgIpc) is 2.42. The number of halogens is 1. The number of ether oxygens (including phenoxy) is 1. The predicted octanol–water partition coefficient (Wildman–Crippen LogP) is 4.44. The van der Waals surface area contributed by atoms with Crippen molar-refractivity contribution in [1.82, 2.24) is 4.98 Å². The van der Waals surface area contributed by atoms with Crippen molar-refractivity contribution in [2.45, 2.75) is 13.8 Å². The van der Waals surface area contributed by atoms with Gasteiger partial charge < -0.3 is 4.74 Å². The Labute approximate surface area is 107 Å². The maximum Gasteiger partial charge on any atom is 0.212 e. The second-order valence-corrected chi connectivity index (χ2v) is 3.53. The lowest BCUT2D eigenvalue weighted by molar-refractivity contribution is 0.398. The normalized spacial score (nSPS) is 9.18. The third-order valence-electron chi connectivity index (χ3n) is 2.12. The smallest absolute Gasteiger partial charge is 0.212 e. The van der Waals surface area contributed by atoms with E-state index in [-0.39, 0.29) is 0 Å². The van der Waals surface area contributed by atoms with E-state index in [4.69, 9.17) is 16.3 Å². The second-order valence-electron chi connectivity index (χ2n) is 3.10. The molecule has 0 atom stereocenters. The number of hydrogen-bond acceptors (Lipinski definition) is 2. The fraction of sp³-hybridized carbons (Fsp3) is 0.214. The third-order valence-corrected chi connectivity index (χ3v) is 2.38. The molecule has 1 heterocycles. The highest BCUT2D eigenvalue weighted by atomic mass is 35.5. The molecule has 0 fully saturated rings. The number of aromatic nitrogens is 1. The maximum absolute atomic E-state index is 5.81. The summed E-state index contributed by atoms with van der Waals surface area (Å²) in [7, 11) is 1.60. The number of pyridine rings is 1. The van der Waals surface area contributed by atoms with Gasteiger partial charge in [0.2, 0.25) is 5.88 Å². The van der Waals surface area contributed by atoms with Gasteiger partial charge in [0, 0.05) is 22.8 Å². The van der Waals surface area contributed by atoms with Crippen molar-refractivity contribution in [3.63, 3.8) is 0 Å². The second kappa shape index (κ2) is 6.92. The molecule has 1 aromatic heterocycles. The largest absolute Gasteiger partial charge is 0.481 e. The fourth-order valence-electron chi connectivity index (χ4n) is 1.31. The first-order valence-electron chi connectivity index (χ1n) is 5.55. The molecule has 0 aliphatic rings. The zero-order chi connectivity index (χ0) is 12.7. The van der Waals surface area contributed by atoms with Crippen molar-refractivity contribution in [3.05, 3.63) is 47.6 Å². The molecule has 1 aromatic carbocycles. The van der Waals surface area contributed by atoms with E-state index in [1.807, 2.05) is 50.2 Å². The van der Waals surface area contributed by atoms with Gasteiger partial charge in [0.1, 0.15) is 0 Å². The molecule has 2 nitrogen and oxygen atoms in total. The average molecular weight is 250 g/mol. The zero-order valence-corrected chi connectivity index (χ0v) is 11.0. The Morgan fingerprint density at radius 1 is 0.941 bits per heavy atom. The number of nitrogens with zero attached hydrogens (tertiary/aromatic N) is 1. The van der Waals surface area contributed by atoms with Crippen LogP contribution in [-0.2, 0) is 0 Å². The van der Waals surface area contributed by atoms with Gasteiger partial charge in [0.05, 0.1) is 7.11 Å². The minimum atomic E-state index is 0.618. The molecule has 0 saturated heterocycles. The van der Waals surface area contributed by atoms with Crippen molar-refractivity contribution in [3.8, 4) is 17.0 Å². The summed E-state index contributed by atoms with van der Waals surface area (Å²) < 4.78 is 4.99. The van der Waals surface area contributed by atoms with Crippen molar-refractivity contribution in [2.24, 2.45) is 0 Å². The summed E-state index contributed by atoms with van der Waals surface area (Å²) in [5, 5.41) is 0.736. The van der Waals surface area contributed by atoms with Crippen LogP contribution in [0.5, 0.6) is 5.88 Å². The van der Waals surface area contributed by atoms with Crippen molar-refractivity contribution in [1.29, 1.82) is 0 Å². The van der Waals surface area contributed by atoms with Crippen LogP contribution in [0, 0.1) is 0 Å². The van der Waals surface area contributed by atoms with Gasteiger partial charge in [0.25, 0.3) is 0 Å². The summed E-state index contributed by atoms with van der Waals surface area (Å²) in [5.41, 5.74) is 2.14. The highest BCUT2D eigenvalue weighted by Gasteiger charge is 1.98. The van der Waals surface area contributed by atoms with Crippen LogP contribution in [0.4, 0.5) is 0 Å². The van der Waals surface area contributed by atoms with E-state index in [0.717, 1.165) is 16.1 Å². The fourth-order valence-corrected chi connectivity index (χ4v) is 1.44. The molecule has 0 spiro atoms. The molecular weight excluding hydrogens is 234 g/mol. The van der Waals surface area contributed by atoms with E-state index in [0.29, 0.717) is 5.88 Å². The van der Waals surface area contributed by atoms with Gasteiger partial charge >= 0.3 is 0 Å². The zero-order valence-electron chi connectivity index (χ0n) is 10.3. The third kappa shape index (κ3) is 3.75. The Bertz CT molecular complexity index is 437. The van der Waals surface area contributed by atoms with Crippen molar-refractivity contribution in [2.75, 3.05) is 7.11 Å². The Hall–Kier alpha value is -1.54. The molecule has 0 bridgehead atoms. The van der Waals surface area contributed by atoms with Gasteiger partial charge in [-0.1, -0.05) is 37.6 Å². The van der Waals surface area contributed by atoms with Crippen LogP contribution in [0.15, 0.2) is 42.6 Å². The lowest BCUT2D eigenvalue weighted by atomic mass is 10.1. The lowest BCUT2D eigenvalue weighted by Crippen LogP contribution is -1.86. The van der Waals surface area contributed by atoms with E-state index in [9.17, 15) is 0 Å². The Kier molecular flexibility index (Phi) is 5.50. The summed E-state index contributed by atoms with van der Waals surface area (Å²) in [5.74, 6) is 0.618. The van der Waals surface area contributed by atoms with E-state index in [1.54, 1.807) is 13.3 Å². The Balaban J connectivity index is 0.000000686. The monoisotopic (exact) mass is 249 g/mol. The molecule has 0 radical (unpaired) electrons. The van der Waals surface area contributed by atoms with Crippen LogP contribution >= 0.6 is 11.6 Å². The number of methoxy groups -OCH3 is 1. The lowest BCUT2D eigenvalue weighted by Gasteiger charge is -2.02. The Morgan fingerprint density at radius 2 is 1.53 bits per heavy atom. The summed E-state index contributed by atoms with van der Waals surface area (Å²) in [4.78, 5) is 4.14. The maximum atomic E-state index is 5.81. The molecule has 90 valence electrons. The van der Waals surface area contributed by atoms with E-state index < -0.39 is 0 Å². The molecule has 3 heteroatoms. The number of rotatable bonds is 2. The van der Waals surface area contributed by atoms with Crippen LogP contribution in [0.3, 0.4) is 0 Å². The highest BCUT2D eigenvalue weighted by Crippen LogP contribution is 2.21. The van der Waals surface area contributed by atoms with Crippen LogP contribution in [0.1, 0.15) is 13.8 Å². The molecule has 0 N–H and O–H groups in total. The minimum Gasteiger partial charge on any atom is -0.481 e. The van der Waals surface area contributed by atoms with E-state index in [2.05, 4.69) is 4.98 Å². The molecule has 0 aliphatic carbocycles. The molecule has 0 saturated carbocycles. The van der Waals surface area contributed by atoms with Gasteiger partial charge in [0.15, 0.2) is 0 Å². The summed E-state index contributed by atoms with van der Waals surface area (Å²) >= 11 is 5.81. The minimum absolute atomic E-state index is 0.618. The quantitative estimate of drug-likeness (QED) is 0.785. The number of benzene rings is 1. The van der Waals surface area contributed by atoms with Crippen molar-refractivity contribution < 1.29 is 4.74 Å². The van der Waals surface area contributed by atoms with Crippen LogP contribution in [0.2, 0.25) is 5.02 Å². The first kappa shape index (κ1) is 13.5. The molecule has 2 aromatic rings. The predicted molar refractivity (Wildman–Crippen MR) is 72.6 cm³/mol. The topological polar surface area (TPSA) is 22.1 Å². The van der Waals surface area contributed by atoms with Gasteiger partial charge in [-0.3, -0.25) is 0 Å². The van der Waals surface area contributed by atoms with Crippen molar-refractivity contribution >= 4 is 11.6 Å². The highest BCUT2D eigenvalue weighted by molar-refractivity contribution is 6.30. The molecule has 0 unspecified atom stereocenters. The number of hydrogen-bond donors (Lipinski definition) is 0. The van der Waals surface area contributed by atoms with Crippen LogP contribution in [0.25, 0.3) is 11.1 Å². The Morgan fingerprint density at radius 3 is 2.00 bits per heavy atom. The molecule has 0 aliphatic heterocycles. The molecular formula is C14H16ClNO. The van der Waals surface area contributed by atoms with E-state index in [1.165, 1.54) is 0 Å². The van der Waals surface area contributed by atoms with Gasteiger partial charge in [-0.05, 0) is 23.8 Å².